The maximum Gasteiger partial charge on any atom is 0.232 e. The highest BCUT2D eigenvalue weighted by atomic mass is 16.3. The van der Waals surface area contributed by atoms with E-state index in [2.05, 4.69) is 4.98 Å². The second kappa shape index (κ2) is 3.13. The number of nitrogens with zero attached hydrogens (tertiary/aromatic N) is 2. The molecule has 1 N–H and O–H groups in total. The smallest absolute Gasteiger partial charge is 0.232 e. The summed E-state index contributed by atoms with van der Waals surface area (Å²) in [5.74, 6) is 0.603. The number of oxazole rings is 1. The number of aromatic nitrogens is 2. The molecule has 0 amide bonds. The number of hydrogen-bond donors (Lipinski definition) is 1. The van der Waals surface area contributed by atoms with Gasteiger partial charge in [0.15, 0.2) is 5.58 Å². The molecule has 0 bridgehead atoms. The SMILES string of the molecule is Cn1ccc(-c2nc3ccccc3o2)c1O. The standard InChI is InChI=1S/C12H10N2O2/c1-14-7-6-8(12(14)15)11-13-9-4-2-3-5-10(9)16-11/h2-7,15H,1H3. The van der Waals surface area contributed by atoms with E-state index in [1.165, 1.54) is 0 Å². The van der Waals surface area contributed by atoms with Crippen LogP contribution in [0.1, 0.15) is 0 Å². The molecule has 4 nitrogen and oxygen atoms in total. The van der Waals surface area contributed by atoms with E-state index in [-0.39, 0.29) is 5.88 Å². The molecule has 0 saturated carbocycles. The summed E-state index contributed by atoms with van der Waals surface area (Å²) in [5, 5.41) is 9.78. The molecular formula is C12H10N2O2. The number of fused-ring (bicyclic) bond motifs is 1. The van der Waals surface area contributed by atoms with Gasteiger partial charge in [0.1, 0.15) is 5.52 Å². The van der Waals surface area contributed by atoms with Gasteiger partial charge in [-0.05, 0) is 18.2 Å². The monoisotopic (exact) mass is 214 g/mol. The van der Waals surface area contributed by atoms with Crippen molar-refractivity contribution in [3.05, 3.63) is 36.5 Å². The molecule has 4 heteroatoms. The third kappa shape index (κ3) is 1.20. The van der Waals surface area contributed by atoms with Crippen LogP contribution in [0.3, 0.4) is 0 Å². The van der Waals surface area contributed by atoms with E-state index in [0.29, 0.717) is 11.5 Å². The summed E-state index contributed by atoms with van der Waals surface area (Å²) in [7, 11) is 1.77. The lowest BCUT2D eigenvalue weighted by Gasteiger charge is -1.95. The number of hydrogen-bond acceptors (Lipinski definition) is 3. The molecular weight excluding hydrogens is 204 g/mol. The Labute approximate surface area is 91.8 Å². The van der Waals surface area contributed by atoms with Gasteiger partial charge in [-0.25, -0.2) is 4.98 Å². The molecule has 3 aromatic rings. The van der Waals surface area contributed by atoms with Crippen molar-refractivity contribution in [3.63, 3.8) is 0 Å². The first-order chi connectivity index (χ1) is 7.75. The first-order valence-corrected chi connectivity index (χ1v) is 4.96. The van der Waals surface area contributed by atoms with E-state index >= 15 is 0 Å². The zero-order valence-electron chi connectivity index (χ0n) is 8.71. The van der Waals surface area contributed by atoms with Crippen LogP contribution in [0, 0.1) is 0 Å². The van der Waals surface area contributed by atoms with Gasteiger partial charge in [0, 0.05) is 13.2 Å². The minimum Gasteiger partial charge on any atom is -0.494 e. The van der Waals surface area contributed by atoms with Crippen LogP contribution in [-0.4, -0.2) is 14.7 Å². The molecule has 0 fully saturated rings. The minimum atomic E-state index is 0.159. The number of aryl methyl sites for hydroxylation is 1. The molecule has 0 unspecified atom stereocenters. The van der Waals surface area contributed by atoms with Crippen LogP contribution < -0.4 is 0 Å². The highest BCUT2D eigenvalue weighted by Crippen LogP contribution is 2.31. The second-order valence-electron chi connectivity index (χ2n) is 3.65. The van der Waals surface area contributed by atoms with Crippen LogP contribution >= 0.6 is 0 Å². The first kappa shape index (κ1) is 9.03. The van der Waals surface area contributed by atoms with E-state index in [9.17, 15) is 5.11 Å². The molecule has 0 saturated heterocycles. The molecule has 0 aliphatic carbocycles. The van der Waals surface area contributed by atoms with Gasteiger partial charge in [-0.15, -0.1) is 0 Å². The van der Waals surface area contributed by atoms with Gasteiger partial charge in [0.05, 0.1) is 5.56 Å². The Morgan fingerprint density at radius 2 is 2.06 bits per heavy atom. The Hall–Kier alpha value is -2.23. The van der Waals surface area contributed by atoms with Gasteiger partial charge in [-0.2, -0.15) is 0 Å². The van der Waals surface area contributed by atoms with Crippen LogP contribution in [-0.2, 0) is 7.05 Å². The largest absolute Gasteiger partial charge is 0.494 e. The van der Waals surface area contributed by atoms with Gasteiger partial charge in [0.2, 0.25) is 11.8 Å². The van der Waals surface area contributed by atoms with E-state index in [0.717, 1.165) is 11.1 Å². The summed E-state index contributed by atoms with van der Waals surface area (Å²) in [6, 6.07) is 9.30. The van der Waals surface area contributed by atoms with Crippen molar-refractivity contribution in [2.45, 2.75) is 0 Å². The van der Waals surface area contributed by atoms with E-state index in [4.69, 9.17) is 4.42 Å². The molecule has 0 aliphatic rings. The highest BCUT2D eigenvalue weighted by molar-refractivity contribution is 5.76. The van der Waals surface area contributed by atoms with Gasteiger partial charge in [0.25, 0.3) is 0 Å². The zero-order chi connectivity index (χ0) is 11.1. The third-order valence-electron chi connectivity index (χ3n) is 2.56. The maximum absolute atomic E-state index is 9.78. The first-order valence-electron chi connectivity index (χ1n) is 4.96. The van der Waals surface area contributed by atoms with Crippen LogP contribution in [0.25, 0.3) is 22.6 Å². The number of aromatic hydroxyl groups is 1. The average molecular weight is 214 g/mol. The molecule has 0 radical (unpaired) electrons. The van der Waals surface area contributed by atoms with Crippen molar-refractivity contribution >= 4 is 11.1 Å². The normalized spacial score (nSPS) is 11.1. The summed E-state index contributed by atoms with van der Waals surface area (Å²) < 4.78 is 7.18. The molecule has 2 heterocycles. The lowest BCUT2D eigenvalue weighted by atomic mass is 10.3. The van der Waals surface area contributed by atoms with Crippen LogP contribution in [0.15, 0.2) is 40.9 Å². The lowest BCUT2D eigenvalue weighted by molar-refractivity contribution is 0.432. The fourth-order valence-corrected chi connectivity index (χ4v) is 1.68. The fraction of sp³-hybridized carbons (Fsp3) is 0.0833. The Bertz CT molecular complexity index is 619. The van der Waals surface area contributed by atoms with E-state index < -0.39 is 0 Å². The Morgan fingerprint density at radius 3 is 2.75 bits per heavy atom. The van der Waals surface area contributed by atoms with Crippen molar-refractivity contribution in [1.29, 1.82) is 0 Å². The minimum absolute atomic E-state index is 0.159. The molecule has 80 valence electrons. The molecule has 3 rings (SSSR count). The topological polar surface area (TPSA) is 51.2 Å². The van der Waals surface area contributed by atoms with Gasteiger partial charge in [-0.3, -0.25) is 0 Å². The maximum atomic E-state index is 9.78. The predicted octanol–water partition coefficient (Wildman–Crippen LogP) is 2.54. The summed E-state index contributed by atoms with van der Waals surface area (Å²) in [6.45, 7) is 0. The van der Waals surface area contributed by atoms with Crippen LogP contribution in [0.2, 0.25) is 0 Å². The fourth-order valence-electron chi connectivity index (χ4n) is 1.68. The Kier molecular flexibility index (Phi) is 1.77. The van der Waals surface area contributed by atoms with Gasteiger partial charge < -0.3 is 14.1 Å². The molecule has 0 atom stereocenters. The molecule has 1 aromatic carbocycles. The quantitative estimate of drug-likeness (QED) is 0.677. The highest BCUT2D eigenvalue weighted by Gasteiger charge is 2.13. The van der Waals surface area contributed by atoms with Crippen molar-refractivity contribution in [1.82, 2.24) is 9.55 Å². The second-order valence-corrected chi connectivity index (χ2v) is 3.65. The Morgan fingerprint density at radius 1 is 1.25 bits per heavy atom. The number of rotatable bonds is 1. The van der Waals surface area contributed by atoms with Crippen LogP contribution in [0.4, 0.5) is 0 Å². The molecule has 0 aliphatic heterocycles. The van der Waals surface area contributed by atoms with Crippen LogP contribution in [0.5, 0.6) is 5.88 Å². The van der Waals surface area contributed by atoms with Crippen molar-refractivity contribution in [2.24, 2.45) is 7.05 Å². The Balaban J connectivity index is 2.23. The zero-order valence-corrected chi connectivity index (χ0v) is 8.71. The lowest BCUT2D eigenvalue weighted by Crippen LogP contribution is -1.82. The van der Waals surface area contributed by atoms with Crippen molar-refractivity contribution < 1.29 is 9.52 Å². The number of benzene rings is 1. The van der Waals surface area contributed by atoms with Gasteiger partial charge in [-0.1, -0.05) is 12.1 Å². The summed E-state index contributed by atoms with van der Waals surface area (Å²) >= 11 is 0. The van der Waals surface area contributed by atoms with E-state index in [1.54, 1.807) is 23.9 Å². The van der Waals surface area contributed by atoms with Gasteiger partial charge >= 0.3 is 0 Å². The summed E-state index contributed by atoms with van der Waals surface area (Å²) in [5.41, 5.74) is 2.13. The molecule has 0 spiro atoms. The molecule has 16 heavy (non-hydrogen) atoms. The average Bonchev–Trinajstić information content (AvgIpc) is 2.84. The number of para-hydroxylation sites is 2. The van der Waals surface area contributed by atoms with Crippen molar-refractivity contribution in [3.8, 4) is 17.3 Å². The third-order valence-corrected chi connectivity index (χ3v) is 2.56. The summed E-state index contributed by atoms with van der Waals surface area (Å²) in [4.78, 5) is 4.32. The predicted molar refractivity (Wildman–Crippen MR) is 60.1 cm³/mol. The van der Waals surface area contributed by atoms with E-state index in [1.807, 2.05) is 24.3 Å². The summed E-state index contributed by atoms with van der Waals surface area (Å²) in [6.07, 6.45) is 1.76. The molecule has 2 aromatic heterocycles. The van der Waals surface area contributed by atoms with Crippen molar-refractivity contribution in [2.75, 3.05) is 0 Å².